The molecule has 0 fully saturated rings. The summed E-state index contributed by atoms with van der Waals surface area (Å²) in [6.07, 6.45) is 1.16. The summed E-state index contributed by atoms with van der Waals surface area (Å²) < 4.78 is 0. The highest BCUT2D eigenvalue weighted by Gasteiger charge is 1.94. The van der Waals surface area contributed by atoms with E-state index in [1.165, 1.54) is 0 Å². The lowest BCUT2D eigenvalue weighted by Gasteiger charge is -2.03. The van der Waals surface area contributed by atoms with Crippen molar-refractivity contribution in [2.45, 2.75) is 27.2 Å². The number of rotatable bonds is 2. The molecule has 41 valence electrons. The van der Waals surface area contributed by atoms with Gasteiger partial charge in [-0.3, -0.25) is 0 Å². The lowest BCUT2D eigenvalue weighted by molar-refractivity contribution is 0.656. The summed E-state index contributed by atoms with van der Waals surface area (Å²) in [4.78, 5) is 0. The fourth-order valence-electron chi connectivity index (χ4n) is 0.322. The Morgan fingerprint density at radius 1 is 1.71 bits per heavy atom. The normalized spacial score (nSPS) is 13.6. The Balaban J connectivity index is 3.34. The van der Waals surface area contributed by atoms with Crippen LogP contribution < -0.4 is 0 Å². The van der Waals surface area contributed by atoms with Gasteiger partial charge in [0.1, 0.15) is 0 Å². The largest absolute Gasteiger partial charge is 0.0705 e. The highest BCUT2D eigenvalue weighted by Crippen LogP contribution is 2.08. The molecule has 0 aromatic heterocycles. The van der Waals surface area contributed by atoms with E-state index in [1.54, 1.807) is 0 Å². The van der Waals surface area contributed by atoms with Crippen molar-refractivity contribution in [1.29, 1.82) is 0 Å². The highest BCUT2D eigenvalue weighted by molar-refractivity contribution is 4.89. The predicted octanol–water partition coefficient (Wildman–Crippen LogP) is 2.41. The Labute approximate surface area is 46.2 Å². The first-order valence-corrected chi connectivity index (χ1v) is 2.77. The van der Waals surface area contributed by atoms with Crippen molar-refractivity contribution < 1.29 is 0 Å². The van der Waals surface area contributed by atoms with Crippen LogP contribution in [0.5, 0.6) is 0 Å². The van der Waals surface area contributed by atoms with Crippen LogP contribution in [0.3, 0.4) is 0 Å². The summed E-state index contributed by atoms with van der Waals surface area (Å²) in [5.41, 5.74) is 1.04. The van der Waals surface area contributed by atoms with Crippen molar-refractivity contribution in [2.24, 2.45) is 5.92 Å². The lowest BCUT2D eigenvalue weighted by Crippen LogP contribution is -1.90. The molecule has 0 N–H and O–H groups in total. The van der Waals surface area contributed by atoms with Gasteiger partial charge in [0.2, 0.25) is 0 Å². The molecule has 0 heteroatoms. The minimum Gasteiger partial charge on any atom is -0.0705 e. The van der Waals surface area contributed by atoms with Crippen molar-refractivity contribution in [3.63, 3.8) is 0 Å². The van der Waals surface area contributed by atoms with Gasteiger partial charge in [-0.2, -0.15) is 0 Å². The van der Waals surface area contributed by atoms with E-state index >= 15 is 0 Å². The molecule has 0 rings (SSSR count). The van der Waals surface area contributed by atoms with E-state index < -0.39 is 0 Å². The first kappa shape index (κ1) is 6.74. The average molecular weight is 97.2 g/mol. The summed E-state index contributed by atoms with van der Waals surface area (Å²) in [6, 6.07) is 0. The van der Waals surface area contributed by atoms with Crippen LogP contribution >= 0.6 is 0 Å². The predicted molar refractivity (Wildman–Crippen MR) is 32.9 cm³/mol. The average Bonchev–Trinajstić information content (AvgIpc) is 1.65. The Morgan fingerprint density at radius 3 is 2.14 bits per heavy atom. The first-order chi connectivity index (χ1) is 3.18. The van der Waals surface area contributed by atoms with Crippen LogP contribution in [0.15, 0.2) is 5.57 Å². The Kier molecular flexibility index (Phi) is 2.73. The van der Waals surface area contributed by atoms with Gasteiger partial charge in [0, 0.05) is 0 Å². The van der Waals surface area contributed by atoms with Gasteiger partial charge in [-0.1, -0.05) is 26.0 Å². The second-order valence-corrected chi connectivity index (χ2v) is 2.05. The topological polar surface area (TPSA) is 0 Å². The zero-order valence-electron chi connectivity index (χ0n) is 5.36. The third-order valence-corrected chi connectivity index (χ3v) is 1.39. The summed E-state index contributed by atoms with van der Waals surface area (Å²) in [5, 5.41) is 0. The zero-order valence-corrected chi connectivity index (χ0v) is 5.36. The fourth-order valence-corrected chi connectivity index (χ4v) is 0.322. The first-order valence-electron chi connectivity index (χ1n) is 2.77. The molecule has 1 radical (unpaired) electrons. The SMILES string of the molecule is [CH]=C(C)C(C)CC. The third kappa shape index (κ3) is 2.44. The summed E-state index contributed by atoms with van der Waals surface area (Å²) in [5.74, 6) is 0.597. The van der Waals surface area contributed by atoms with Crippen LogP contribution in [0.25, 0.3) is 0 Å². The Morgan fingerprint density at radius 2 is 2.14 bits per heavy atom. The van der Waals surface area contributed by atoms with Crippen molar-refractivity contribution in [3.05, 3.63) is 12.2 Å². The molecular formula is C7H13. The molecule has 0 aromatic rings. The zero-order chi connectivity index (χ0) is 5.86. The molecule has 0 aliphatic carbocycles. The molecule has 0 aliphatic rings. The van der Waals surface area contributed by atoms with Gasteiger partial charge in [-0.15, -0.1) is 0 Å². The molecular weight excluding hydrogens is 84.1 g/mol. The summed E-state index contributed by atoms with van der Waals surface area (Å²) >= 11 is 0. The minimum absolute atomic E-state index is 0.597. The lowest BCUT2D eigenvalue weighted by atomic mass is 10.0. The molecule has 1 unspecified atom stereocenters. The number of hydrogen-bond donors (Lipinski definition) is 0. The Bertz CT molecular complexity index is 62.4. The van der Waals surface area contributed by atoms with Crippen LogP contribution in [0.4, 0.5) is 0 Å². The maximum Gasteiger partial charge on any atom is -0.0234 e. The molecule has 0 nitrogen and oxygen atoms in total. The second-order valence-electron chi connectivity index (χ2n) is 2.05. The van der Waals surface area contributed by atoms with E-state index in [-0.39, 0.29) is 0 Å². The van der Waals surface area contributed by atoms with E-state index in [4.69, 9.17) is 6.58 Å². The molecule has 0 heterocycles. The molecule has 1 atom stereocenters. The number of allylic oxidation sites excluding steroid dienone is 1. The molecule has 0 saturated heterocycles. The molecule has 0 bridgehead atoms. The quantitative estimate of drug-likeness (QED) is 0.496. The van der Waals surface area contributed by atoms with Crippen molar-refractivity contribution in [1.82, 2.24) is 0 Å². The molecule has 0 aromatic carbocycles. The van der Waals surface area contributed by atoms with Crippen LogP contribution in [-0.2, 0) is 0 Å². The van der Waals surface area contributed by atoms with E-state index in [1.807, 2.05) is 6.92 Å². The Hall–Kier alpha value is -0.260. The third-order valence-electron chi connectivity index (χ3n) is 1.39. The van der Waals surface area contributed by atoms with Gasteiger partial charge in [-0.05, 0) is 19.3 Å². The van der Waals surface area contributed by atoms with Gasteiger partial charge in [0.05, 0.1) is 0 Å². The van der Waals surface area contributed by atoms with Crippen LogP contribution in [-0.4, -0.2) is 0 Å². The van der Waals surface area contributed by atoms with Crippen LogP contribution in [0.2, 0.25) is 0 Å². The maximum absolute atomic E-state index is 5.46. The molecule has 0 aliphatic heterocycles. The van der Waals surface area contributed by atoms with Gasteiger partial charge in [0.25, 0.3) is 0 Å². The molecule has 0 amide bonds. The van der Waals surface area contributed by atoms with Crippen LogP contribution in [0.1, 0.15) is 27.2 Å². The minimum atomic E-state index is 0.597. The van der Waals surface area contributed by atoms with Gasteiger partial charge in [0.15, 0.2) is 0 Å². The van der Waals surface area contributed by atoms with Crippen molar-refractivity contribution >= 4 is 0 Å². The monoisotopic (exact) mass is 97.1 g/mol. The number of hydrogen-bond acceptors (Lipinski definition) is 0. The molecule has 0 spiro atoms. The summed E-state index contributed by atoms with van der Waals surface area (Å²) in [7, 11) is 0. The second kappa shape index (κ2) is 2.84. The maximum atomic E-state index is 5.46. The van der Waals surface area contributed by atoms with Crippen molar-refractivity contribution in [2.75, 3.05) is 0 Å². The van der Waals surface area contributed by atoms with Gasteiger partial charge in [-0.25, -0.2) is 0 Å². The summed E-state index contributed by atoms with van der Waals surface area (Å²) in [6.45, 7) is 11.7. The van der Waals surface area contributed by atoms with Gasteiger partial charge >= 0.3 is 0 Å². The van der Waals surface area contributed by atoms with E-state index in [9.17, 15) is 0 Å². The van der Waals surface area contributed by atoms with E-state index in [0.29, 0.717) is 5.92 Å². The fraction of sp³-hybridized carbons (Fsp3) is 0.714. The standard InChI is InChI=1S/C7H13/c1-5-7(4)6(2)3/h2,7H,5H2,1,3-4H3. The highest BCUT2D eigenvalue weighted by atomic mass is 14.0. The van der Waals surface area contributed by atoms with Crippen molar-refractivity contribution in [3.8, 4) is 0 Å². The molecule has 0 saturated carbocycles. The van der Waals surface area contributed by atoms with Gasteiger partial charge < -0.3 is 0 Å². The van der Waals surface area contributed by atoms with E-state index in [0.717, 1.165) is 12.0 Å². The smallest absolute Gasteiger partial charge is 0.0234 e. The molecule has 7 heavy (non-hydrogen) atoms. The van der Waals surface area contributed by atoms with E-state index in [2.05, 4.69) is 13.8 Å². The van der Waals surface area contributed by atoms with Crippen LogP contribution in [0, 0.1) is 12.5 Å².